The number of Topliss-reactive ketones (excluding diaryl/α,β-unsaturated/α-hetero) is 1. The predicted octanol–water partition coefficient (Wildman–Crippen LogP) is 4.15. The van der Waals surface area contributed by atoms with E-state index in [1.54, 1.807) is 0 Å². The minimum atomic E-state index is 0.156. The number of hydrogen-bond acceptors (Lipinski definition) is 2. The Hall–Kier alpha value is -1.44. The number of hydrogen-bond donors (Lipinski definition) is 1. The zero-order valence-electron chi connectivity index (χ0n) is 11.3. The first-order valence-electron chi connectivity index (χ1n) is 6.29. The summed E-state index contributed by atoms with van der Waals surface area (Å²) in [5, 5.41) is 7.79. The molecule has 17 heavy (non-hydrogen) atoms. The Kier molecular flexibility index (Phi) is 7.95. The molecule has 0 amide bonds. The fourth-order valence-corrected chi connectivity index (χ4v) is 1.42. The Bertz CT molecular complexity index is 352. The van der Waals surface area contributed by atoms with Gasteiger partial charge in [0.25, 0.3) is 0 Å². The van der Waals surface area contributed by atoms with Gasteiger partial charge >= 0.3 is 0 Å². The maximum Gasteiger partial charge on any atom is 0.138 e. The Labute approximate surface area is 105 Å². The highest BCUT2D eigenvalue weighted by Crippen LogP contribution is 2.07. The summed E-state index contributed by atoms with van der Waals surface area (Å²) in [4.78, 5) is 11.4. The van der Waals surface area contributed by atoms with Gasteiger partial charge in [0.15, 0.2) is 0 Å². The SMILES string of the molecule is CC.CCCC(=O)CC(=N)c1ccc(C)cc1. The standard InChI is InChI=1S/C13H17NO.C2H6/c1-3-4-12(15)9-13(14)11-7-5-10(2)6-8-11;1-2/h5-8,14H,3-4,9H2,1-2H3;1-2H3. The number of carbonyl (C=O) groups excluding carboxylic acids is 1. The van der Waals surface area contributed by atoms with Crippen LogP contribution in [0.2, 0.25) is 0 Å². The van der Waals surface area contributed by atoms with Crippen molar-refractivity contribution in [2.75, 3.05) is 0 Å². The van der Waals surface area contributed by atoms with Crippen molar-refractivity contribution in [1.82, 2.24) is 0 Å². The van der Waals surface area contributed by atoms with E-state index in [-0.39, 0.29) is 12.2 Å². The van der Waals surface area contributed by atoms with Crippen molar-refractivity contribution in [3.63, 3.8) is 0 Å². The normalized spacial score (nSPS) is 9.18. The van der Waals surface area contributed by atoms with E-state index in [2.05, 4.69) is 0 Å². The van der Waals surface area contributed by atoms with Crippen molar-refractivity contribution < 1.29 is 4.79 Å². The molecule has 0 aliphatic heterocycles. The van der Waals surface area contributed by atoms with Crippen molar-refractivity contribution in [3.8, 4) is 0 Å². The molecule has 1 aromatic carbocycles. The number of ketones is 1. The van der Waals surface area contributed by atoms with E-state index in [1.807, 2.05) is 52.0 Å². The van der Waals surface area contributed by atoms with Gasteiger partial charge in [-0.3, -0.25) is 4.79 Å². The molecule has 0 unspecified atom stereocenters. The molecule has 1 N–H and O–H groups in total. The van der Waals surface area contributed by atoms with Crippen molar-refractivity contribution in [2.45, 2.75) is 47.0 Å². The van der Waals surface area contributed by atoms with Gasteiger partial charge in [0, 0.05) is 18.6 Å². The molecule has 0 radical (unpaired) electrons. The van der Waals surface area contributed by atoms with Crippen LogP contribution in [0, 0.1) is 12.3 Å². The lowest BCUT2D eigenvalue weighted by molar-refractivity contribution is -0.117. The molecule has 0 saturated carbocycles. The van der Waals surface area contributed by atoms with E-state index in [1.165, 1.54) is 5.56 Å². The van der Waals surface area contributed by atoms with Gasteiger partial charge in [-0.1, -0.05) is 50.6 Å². The lowest BCUT2D eigenvalue weighted by Gasteiger charge is -2.03. The third kappa shape index (κ3) is 6.00. The lowest BCUT2D eigenvalue weighted by Crippen LogP contribution is -2.07. The molecule has 0 saturated heterocycles. The summed E-state index contributed by atoms with van der Waals surface area (Å²) >= 11 is 0. The van der Waals surface area contributed by atoms with Gasteiger partial charge in [-0.05, 0) is 18.9 Å². The largest absolute Gasteiger partial charge is 0.304 e. The third-order valence-electron chi connectivity index (χ3n) is 2.30. The first-order valence-corrected chi connectivity index (χ1v) is 6.29. The number of rotatable bonds is 5. The van der Waals surface area contributed by atoms with Gasteiger partial charge in [-0.2, -0.15) is 0 Å². The second-order valence-electron chi connectivity index (χ2n) is 3.81. The van der Waals surface area contributed by atoms with Gasteiger partial charge in [-0.15, -0.1) is 0 Å². The molecular weight excluding hydrogens is 210 g/mol. The van der Waals surface area contributed by atoms with Crippen molar-refractivity contribution in [2.24, 2.45) is 0 Å². The van der Waals surface area contributed by atoms with E-state index in [4.69, 9.17) is 5.41 Å². The molecule has 0 aromatic heterocycles. The topological polar surface area (TPSA) is 40.9 Å². The van der Waals surface area contributed by atoms with Crippen LogP contribution < -0.4 is 0 Å². The quantitative estimate of drug-likeness (QED) is 0.763. The van der Waals surface area contributed by atoms with Crippen LogP contribution in [-0.2, 0) is 4.79 Å². The zero-order valence-corrected chi connectivity index (χ0v) is 11.3. The number of aryl methyl sites for hydroxylation is 1. The van der Waals surface area contributed by atoms with Crippen LogP contribution >= 0.6 is 0 Å². The van der Waals surface area contributed by atoms with Crippen LogP contribution in [0.5, 0.6) is 0 Å². The first kappa shape index (κ1) is 15.6. The Morgan fingerprint density at radius 2 is 1.71 bits per heavy atom. The summed E-state index contributed by atoms with van der Waals surface area (Å²) in [5.41, 5.74) is 2.45. The fourth-order valence-electron chi connectivity index (χ4n) is 1.42. The second kappa shape index (κ2) is 8.68. The molecule has 0 fully saturated rings. The molecule has 0 heterocycles. The van der Waals surface area contributed by atoms with Crippen molar-refractivity contribution >= 4 is 11.5 Å². The van der Waals surface area contributed by atoms with Gasteiger partial charge in [-0.25, -0.2) is 0 Å². The molecule has 1 rings (SSSR count). The van der Waals surface area contributed by atoms with Crippen LogP contribution in [0.3, 0.4) is 0 Å². The van der Waals surface area contributed by atoms with Crippen molar-refractivity contribution in [1.29, 1.82) is 5.41 Å². The molecule has 0 aliphatic rings. The molecule has 94 valence electrons. The van der Waals surface area contributed by atoms with Crippen LogP contribution in [0.25, 0.3) is 0 Å². The van der Waals surface area contributed by atoms with E-state index >= 15 is 0 Å². The minimum Gasteiger partial charge on any atom is -0.304 e. The van der Waals surface area contributed by atoms with Gasteiger partial charge in [0.05, 0.1) is 0 Å². The van der Waals surface area contributed by atoms with Crippen LogP contribution in [0.1, 0.15) is 51.2 Å². The summed E-state index contributed by atoms with van der Waals surface area (Å²) < 4.78 is 0. The van der Waals surface area contributed by atoms with E-state index in [9.17, 15) is 4.79 Å². The number of nitrogens with one attached hydrogen (secondary N) is 1. The maximum absolute atomic E-state index is 11.4. The maximum atomic E-state index is 11.4. The fraction of sp³-hybridized carbons (Fsp3) is 0.467. The molecule has 0 atom stereocenters. The molecule has 1 aromatic rings. The average molecular weight is 233 g/mol. The van der Waals surface area contributed by atoms with Gasteiger partial charge in [0.1, 0.15) is 5.78 Å². The average Bonchev–Trinajstić information content (AvgIpc) is 2.32. The molecule has 2 nitrogen and oxygen atoms in total. The van der Waals surface area contributed by atoms with Crippen LogP contribution in [0.4, 0.5) is 0 Å². The summed E-state index contributed by atoms with van der Waals surface area (Å²) in [6.07, 6.45) is 1.70. The Morgan fingerprint density at radius 1 is 1.18 bits per heavy atom. The zero-order chi connectivity index (χ0) is 13.3. The van der Waals surface area contributed by atoms with Crippen molar-refractivity contribution in [3.05, 3.63) is 35.4 Å². The second-order valence-corrected chi connectivity index (χ2v) is 3.81. The predicted molar refractivity (Wildman–Crippen MR) is 73.9 cm³/mol. The summed E-state index contributed by atoms with van der Waals surface area (Å²) in [6, 6.07) is 7.73. The highest BCUT2D eigenvalue weighted by atomic mass is 16.1. The first-order chi connectivity index (χ1) is 8.13. The highest BCUT2D eigenvalue weighted by Gasteiger charge is 2.06. The molecule has 0 aliphatic carbocycles. The molecular formula is C15H23NO. The monoisotopic (exact) mass is 233 g/mol. The van der Waals surface area contributed by atoms with Gasteiger partial charge < -0.3 is 5.41 Å². The Morgan fingerprint density at radius 3 is 2.18 bits per heavy atom. The molecule has 2 heteroatoms. The van der Waals surface area contributed by atoms with Crippen LogP contribution in [0.15, 0.2) is 24.3 Å². The minimum absolute atomic E-state index is 0.156. The van der Waals surface area contributed by atoms with Crippen LogP contribution in [-0.4, -0.2) is 11.5 Å². The third-order valence-corrected chi connectivity index (χ3v) is 2.30. The highest BCUT2D eigenvalue weighted by molar-refractivity contribution is 6.09. The molecule has 0 bridgehead atoms. The summed E-state index contributed by atoms with van der Waals surface area (Å²) in [6.45, 7) is 7.99. The number of benzene rings is 1. The number of carbonyl (C=O) groups is 1. The van der Waals surface area contributed by atoms with E-state index < -0.39 is 0 Å². The van der Waals surface area contributed by atoms with Gasteiger partial charge in [0.2, 0.25) is 0 Å². The van der Waals surface area contributed by atoms with E-state index in [0.29, 0.717) is 12.1 Å². The lowest BCUT2D eigenvalue weighted by atomic mass is 10.0. The van der Waals surface area contributed by atoms with E-state index in [0.717, 1.165) is 12.0 Å². The summed E-state index contributed by atoms with van der Waals surface area (Å²) in [7, 11) is 0. The molecule has 0 spiro atoms. The Balaban J connectivity index is 0.00000121. The summed E-state index contributed by atoms with van der Waals surface area (Å²) in [5.74, 6) is 0.156. The smallest absolute Gasteiger partial charge is 0.138 e.